The van der Waals surface area contributed by atoms with E-state index in [2.05, 4.69) is 11.1 Å². The number of carbonyl (C=O) groups is 1. The number of ether oxygens (including phenoxy) is 2. The molecule has 1 amide bonds. The number of nitriles is 1. The predicted molar refractivity (Wildman–Crippen MR) is 91.8 cm³/mol. The fraction of sp³-hybridized carbons (Fsp3) is 0.353. The highest BCUT2D eigenvalue weighted by Crippen LogP contribution is 2.29. The molecule has 3 rings (SSSR count). The van der Waals surface area contributed by atoms with Gasteiger partial charge in [0.05, 0.1) is 24.8 Å². The summed E-state index contributed by atoms with van der Waals surface area (Å²) in [4.78, 5) is 17.8. The van der Waals surface area contributed by atoms with Crippen molar-refractivity contribution in [1.82, 2.24) is 9.88 Å². The summed E-state index contributed by atoms with van der Waals surface area (Å²) in [6.07, 6.45) is 0.498. The van der Waals surface area contributed by atoms with Gasteiger partial charge in [0.1, 0.15) is 23.5 Å². The van der Waals surface area contributed by atoms with Crippen molar-refractivity contribution in [3.05, 3.63) is 34.8 Å². The van der Waals surface area contributed by atoms with Crippen LogP contribution in [0.25, 0.3) is 10.6 Å². The highest BCUT2D eigenvalue weighted by Gasteiger charge is 2.24. The van der Waals surface area contributed by atoms with Crippen LogP contribution in [0.3, 0.4) is 0 Å². The van der Waals surface area contributed by atoms with Gasteiger partial charge in [0.25, 0.3) is 0 Å². The lowest BCUT2D eigenvalue weighted by atomic mass is 10.1. The fourth-order valence-corrected chi connectivity index (χ4v) is 3.29. The Bertz CT molecular complexity index is 814. The molecule has 8 heteroatoms. The van der Waals surface area contributed by atoms with Crippen molar-refractivity contribution < 1.29 is 19.4 Å². The van der Waals surface area contributed by atoms with Gasteiger partial charge in [-0.3, -0.25) is 0 Å². The summed E-state index contributed by atoms with van der Waals surface area (Å²) in [6.45, 7) is 3.17. The Hall–Kier alpha value is -2.63. The standard InChI is InChI=1S/C17H17N3O4S/c1-11-8-19-16(25-11)13-4-12(7-18)5-14(6-13)24-10-15-9-20(17(21)22)2-3-23-15/h4-6,8,15H,2-3,9-10H2,1H3,(H,21,22)/t15-/m1/s1. The largest absolute Gasteiger partial charge is 0.491 e. The second-order valence-electron chi connectivity index (χ2n) is 5.67. The monoisotopic (exact) mass is 359 g/mol. The molecule has 1 atom stereocenters. The van der Waals surface area contributed by atoms with Gasteiger partial charge in [-0.25, -0.2) is 9.78 Å². The Kier molecular flexibility index (Phi) is 5.16. The zero-order valence-electron chi connectivity index (χ0n) is 13.6. The smallest absolute Gasteiger partial charge is 0.407 e. The van der Waals surface area contributed by atoms with E-state index in [1.165, 1.54) is 4.90 Å². The zero-order valence-corrected chi connectivity index (χ0v) is 14.5. The summed E-state index contributed by atoms with van der Waals surface area (Å²) in [5.74, 6) is 0.540. The quantitative estimate of drug-likeness (QED) is 0.902. The lowest BCUT2D eigenvalue weighted by Crippen LogP contribution is -2.47. The summed E-state index contributed by atoms with van der Waals surface area (Å²) in [6, 6.07) is 7.38. The summed E-state index contributed by atoms with van der Waals surface area (Å²) in [5, 5.41) is 19.1. The molecule has 1 N–H and O–H groups in total. The maximum absolute atomic E-state index is 11.0. The molecule has 1 fully saturated rings. The second kappa shape index (κ2) is 7.51. The zero-order chi connectivity index (χ0) is 17.8. The molecule has 0 spiro atoms. The van der Waals surface area contributed by atoms with Crippen LogP contribution in [-0.2, 0) is 4.74 Å². The van der Waals surface area contributed by atoms with Crippen molar-refractivity contribution in [2.45, 2.75) is 13.0 Å². The second-order valence-corrected chi connectivity index (χ2v) is 6.90. The third kappa shape index (κ3) is 4.26. The lowest BCUT2D eigenvalue weighted by molar-refractivity contribution is -0.0412. The molecule has 0 saturated carbocycles. The van der Waals surface area contributed by atoms with E-state index in [0.717, 1.165) is 15.4 Å². The Labute approximate surface area is 149 Å². The van der Waals surface area contributed by atoms with Crippen molar-refractivity contribution in [2.75, 3.05) is 26.3 Å². The first-order valence-electron chi connectivity index (χ1n) is 7.75. The van der Waals surface area contributed by atoms with E-state index in [0.29, 0.717) is 24.5 Å². The summed E-state index contributed by atoms with van der Waals surface area (Å²) >= 11 is 1.55. The molecule has 0 aliphatic carbocycles. The van der Waals surface area contributed by atoms with Crippen LogP contribution in [0.15, 0.2) is 24.4 Å². The molecular formula is C17H17N3O4S. The molecule has 2 aromatic rings. The SMILES string of the molecule is Cc1cnc(-c2cc(C#N)cc(OC[C@H]3CN(C(=O)O)CCO3)c2)s1. The van der Waals surface area contributed by atoms with Crippen molar-refractivity contribution in [2.24, 2.45) is 0 Å². The number of rotatable bonds is 4. The number of benzene rings is 1. The maximum atomic E-state index is 11.0. The first-order valence-corrected chi connectivity index (χ1v) is 8.57. The van der Waals surface area contributed by atoms with Crippen LogP contribution in [0.2, 0.25) is 0 Å². The van der Waals surface area contributed by atoms with Crippen LogP contribution in [-0.4, -0.2) is 53.5 Å². The van der Waals surface area contributed by atoms with E-state index in [4.69, 9.17) is 14.6 Å². The third-order valence-corrected chi connectivity index (χ3v) is 4.71. The van der Waals surface area contributed by atoms with Crippen LogP contribution in [0, 0.1) is 18.3 Å². The normalized spacial score (nSPS) is 17.1. The van der Waals surface area contributed by atoms with Crippen LogP contribution in [0.1, 0.15) is 10.4 Å². The highest BCUT2D eigenvalue weighted by atomic mass is 32.1. The number of aryl methyl sites for hydroxylation is 1. The van der Waals surface area contributed by atoms with Crippen LogP contribution >= 0.6 is 11.3 Å². The average Bonchev–Trinajstić information content (AvgIpc) is 3.06. The molecule has 0 bridgehead atoms. The van der Waals surface area contributed by atoms with E-state index in [9.17, 15) is 10.1 Å². The molecule has 130 valence electrons. The topological polar surface area (TPSA) is 95.7 Å². The van der Waals surface area contributed by atoms with Gasteiger partial charge >= 0.3 is 6.09 Å². The Balaban J connectivity index is 1.72. The Morgan fingerprint density at radius 2 is 2.40 bits per heavy atom. The Morgan fingerprint density at radius 3 is 3.08 bits per heavy atom. The molecule has 0 radical (unpaired) electrons. The average molecular weight is 359 g/mol. The molecular weight excluding hydrogens is 342 g/mol. The van der Waals surface area contributed by atoms with E-state index in [-0.39, 0.29) is 19.3 Å². The molecule has 0 unspecified atom stereocenters. The molecule has 1 aromatic carbocycles. The van der Waals surface area contributed by atoms with E-state index in [1.54, 1.807) is 29.7 Å². The van der Waals surface area contributed by atoms with Gasteiger partial charge < -0.3 is 19.5 Å². The number of nitrogens with zero attached hydrogens (tertiary/aromatic N) is 3. The summed E-state index contributed by atoms with van der Waals surface area (Å²) in [7, 11) is 0. The van der Waals surface area contributed by atoms with Crippen LogP contribution < -0.4 is 4.74 Å². The number of aromatic nitrogens is 1. The number of thiazole rings is 1. The minimum atomic E-state index is -0.957. The number of amides is 1. The van der Waals surface area contributed by atoms with Gasteiger partial charge in [0.2, 0.25) is 0 Å². The molecule has 25 heavy (non-hydrogen) atoms. The molecule has 1 aliphatic heterocycles. The predicted octanol–water partition coefficient (Wildman–Crippen LogP) is 2.75. The van der Waals surface area contributed by atoms with Gasteiger partial charge in [-0.2, -0.15) is 5.26 Å². The highest BCUT2D eigenvalue weighted by molar-refractivity contribution is 7.14. The fourth-order valence-electron chi connectivity index (χ4n) is 2.54. The van der Waals surface area contributed by atoms with Gasteiger partial charge in [0.15, 0.2) is 0 Å². The minimum Gasteiger partial charge on any atom is -0.491 e. The molecule has 7 nitrogen and oxygen atoms in total. The Morgan fingerprint density at radius 1 is 1.56 bits per heavy atom. The van der Waals surface area contributed by atoms with E-state index >= 15 is 0 Å². The minimum absolute atomic E-state index is 0.217. The molecule has 2 heterocycles. The van der Waals surface area contributed by atoms with Gasteiger partial charge in [-0.05, 0) is 25.1 Å². The van der Waals surface area contributed by atoms with Gasteiger partial charge in [0, 0.05) is 23.2 Å². The van der Waals surface area contributed by atoms with Crippen LogP contribution in [0.5, 0.6) is 5.75 Å². The van der Waals surface area contributed by atoms with Crippen molar-refractivity contribution in [3.63, 3.8) is 0 Å². The van der Waals surface area contributed by atoms with Crippen LogP contribution in [0.4, 0.5) is 4.79 Å². The van der Waals surface area contributed by atoms with E-state index < -0.39 is 6.09 Å². The number of morpholine rings is 1. The summed E-state index contributed by atoms with van der Waals surface area (Å²) in [5.41, 5.74) is 1.31. The first-order chi connectivity index (χ1) is 12.0. The molecule has 1 aliphatic rings. The van der Waals surface area contributed by atoms with Gasteiger partial charge in [-0.1, -0.05) is 0 Å². The first kappa shape index (κ1) is 17.2. The van der Waals surface area contributed by atoms with Crippen molar-refractivity contribution in [1.29, 1.82) is 5.26 Å². The maximum Gasteiger partial charge on any atom is 0.407 e. The number of carboxylic acid groups (broad SMARTS) is 1. The van der Waals surface area contributed by atoms with Crippen molar-refractivity contribution >= 4 is 17.4 Å². The molecule has 1 aromatic heterocycles. The van der Waals surface area contributed by atoms with E-state index in [1.807, 2.05) is 13.0 Å². The lowest BCUT2D eigenvalue weighted by Gasteiger charge is -2.30. The third-order valence-electron chi connectivity index (χ3n) is 3.75. The summed E-state index contributed by atoms with van der Waals surface area (Å²) < 4.78 is 11.3. The number of hydrogen-bond donors (Lipinski definition) is 1. The van der Waals surface area contributed by atoms with Gasteiger partial charge in [-0.15, -0.1) is 11.3 Å². The molecule has 1 saturated heterocycles. The van der Waals surface area contributed by atoms with Crippen molar-refractivity contribution in [3.8, 4) is 22.4 Å². The number of hydrogen-bond acceptors (Lipinski definition) is 6.